The molecule has 1 atom stereocenters. The van der Waals surface area contributed by atoms with Gasteiger partial charge in [0.2, 0.25) is 5.91 Å². The zero-order valence-electron chi connectivity index (χ0n) is 11.3. The van der Waals surface area contributed by atoms with Gasteiger partial charge in [0.1, 0.15) is 0 Å². The van der Waals surface area contributed by atoms with Gasteiger partial charge in [-0.2, -0.15) is 0 Å². The minimum Gasteiger partial charge on any atom is -0.481 e. The van der Waals surface area contributed by atoms with Crippen LogP contribution in [0.2, 0.25) is 10.0 Å². The van der Waals surface area contributed by atoms with Gasteiger partial charge in [-0.15, -0.1) is 0 Å². The summed E-state index contributed by atoms with van der Waals surface area (Å²) < 4.78 is 0. The van der Waals surface area contributed by atoms with Gasteiger partial charge in [0, 0.05) is 29.2 Å². The van der Waals surface area contributed by atoms with Crippen molar-refractivity contribution in [2.45, 2.75) is 12.8 Å². The minimum atomic E-state index is -0.850. The molecule has 1 aliphatic rings. The van der Waals surface area contributed by atoms with Gasteiger partial charge in [0.05, 0.1) is 5.92 Å². The SMILES string of the molecule is O=C(O)[C@H]1CCCN(C(=O)/C=C/c2ccc(Cl)cc2Cl)C1. The molecule has 6 heteroatoms. The first kappa shape index (κ1) is 15.9. The number of piperidine rings is 1. The highest BCUT2D eigenvalue weighted by molar-refractivity contribution is 6.35. The summed E-state index contributed by atoms with van der Waals surface area (Å²) in [6, 6.07) is 5.03. The van der Waals surface area contributed by atoms with E-state index in [4.69, 9.17) is 28.3 Å². The Bertz CT molecular complexity index is 586. The highest BCUT2D eigenvalue weighted by Crippen LogP contribution is 2.22. The van der Waals surface area contributed by atoms with Crippen LogP contribution in [0.1, 0.15) is 18.4 Å². The van der Waals surface area contributed by atoms with Crippen molar-refractivity contribution in [3.05, 3.63) is 39.9 Å². The Morgan fingerprint density at radius 1 is 1.33 bits per heavy atom. The van der Waals surface area contributed by atoms with Crippen LogP contribution in [0.15, 0.2) is 24.3 Å². The number of nitrogens with zero attached hydrogens (tertiary/aromatic N) is 1. The maximum Gasteiger partial charge on any atom is 0.308 e. The van der Waals surface area contributed by atoms with Crippen molar-refractivity contribution in [2.75, 3.05) is 13.1 Å². The summed E-state index contributed by atoms with van der Waals surface area (Å²) in [6.07, 6.45) is 4.36. The van der Waals surface area contributed by atoms with Crippen molar-refractivity contribution in [3.8, 4) is 0 Å². The van der Waals surface area contributed by atoms with Crippen molar-refractivity contribution in [1.82, 2.24) is 4.90 Å². The number of halogens is 2. The molecule has 1 aliphatic heterocycles. The molecule has 1 aromatic rings. The fourth-order valence-corrected chi connectivity index (χ4v) is 2.75. The molecule has 1 amide bonds. The predicted octanol–water partition coefficient (Wildman–Crippen LogP) is 3.33. The van der Waals surface area contributed by atoms with E-state index in [0.717, 1.165) is 0 Å². The lowest BCUT2D eigenvalue weighted by Gasteiger charge is -2.29. The van der Waals surface area contributed by atoms with Gasteiger partial charge in [0.25, 0.3) is 0 Å². The summed E-state index contributed by atoms with van der Waals surface area (Å²) in [4.78, 5) is 24.6. The Balaban J connectivity index is 2.03. The smallest absolute Gasteiger partial charge is 0.308 e. The number of aliphatic carboxylic acids is 1. The van der Waals surface area contributed by atoms with Crippen LogP contribution in [0.25, 0.3) is 6.08 Å². The van der Waals surface area contributed by atoms with Crippen LogP contribution in [0.4, 0.5) is 0 Å². The lowest BCUT2D eigenvalue weighted by Crippen LogP contribution is -2.41. The summed E-state index contributed by atoms with van der Waals surface area (Å²) in [6.45, 7) is 0.841. The van der Waals surface area contributed by atoms with Gasteiger partial charge in [-0.1, -0.05) is 29.3 Å². The number of benzene rings is 1. The number of hydrogen-bond donors (Lipinski definition) is 1. The highest BCUT2D eigenvalue weighted by atomic mass is 35.5. The third kappa shape index (κ3) is 4.22. The van der Waals surface area contributed by atoms with E-state index in [1.54, 1.807) is 29.2 Å². The maximum atomic E-state index is 12.1. The Labute approximate surface area is 133 Å². The molecule has 0 bridgehead atoms. The monoisotopic (exact) mass is 327 g/mol. The molecule has 0 saturated carbocycles. The van der Waals surface area contributed by atoms with Gasteiger partial charge >= 0.3 is 5.97 Å². The Hall–Kier alpha value is -1.52. The van der Waals surface area contributed by atoms with Gasteiger partial charge < -0.3 is 10.0 Å². The van der Waals surface area contributed by atoms with E-state index in [-0.39, 0.29) is 12.5 Å². The number of carboxylic acid groups (broad SMARTS) is 1. The summed E-state index contributed by atoms with van der Waals surface area (Å²) in [7, 11) is 0. The quantitative estimate of drug-likeness (QED) is 0.866. The molecule has 1 aromatic carbocycles. The fraction of sp³-hybridized carbons (Fsp3) is 0.333. The summed E-state index contributed by atoms with van der Waals surface area (Å²) in [5.74, 6) is -1.53. The first-order valence-electron chi connectivity index (χ1n) is 6.62. The number of rotatable bonds is 3. The third-order valence-corrected chi connectivity index (χ3v) is 4.01. The van der Waals surface area contributed by atoms with E-state index in [0.29, 0.717) is 35.0 Å². The fourth-order valence-electron chi connectivity index (χ4n) is 2.28. The molecule has 1 saturated heterocycles. The van der Waals surface area contributed by atoms with Crippen molar-refractivity contribution in [3.63, 3.8) is 0 Å². The minimum absolute atomic E-state index is 0.202. The number of carbonyl (C=O) groups is 2. The van der Waals surface area contributed by atoms with E-state index in [2.05, 4.69) is 0 Å². The lowest BCUT2D eigenvalue weighted by molar-refractivity contribution is -0.144. The van der Waals surface area contributed by atoms with Gasteiger partial charge in [-0.05, 0) is 36.6 Å². The zero-order valence-corrected chi connectivity index (χ0v) is 12.8. The van der Waals surface area contributed by atoms with Crippen molar-refractivity contribution >= 4 is 41.2 Å². The average molecular weight is 328 g/mol. The first-order valence-corrected chi connectivity index (χ1v) is 7.38. The largest absolute Gasteiger partial charge is 0.481 e. The molecular weight excluding hydrogens is 313 g/mol. The molecule has 0 aliphatic carbocycles. The summed E-state index contributed by atoms with van der Waals surface area (Å²) in [5.41, 5.74) is 0.696. The normalized spacial score (nSPS) is 19.0. The van der Waals surface area contributed by atoms with Crippen LogP contribution in [-0.2, 0) is 9.59 Å². The number of carbonyl (C=O) groups excluding carboxylic acids is 1. The van der Waals surface area contributed by atoms with Gasteiger partial charge in [-0.25, -0.2) is 0 Å². The predicted molar refractivity (Wildman–Crippen MR) is 82.4 cm³/mol. The average Bonchev–Trinajstić information content (AvgIpc) is 2.46. The number of carboxylic acids is 1. The molecule has 4 nitrogen and oxygen atoms in total. The van der Waals surface area contributed by atoms with Crippen LogP contribution >= 0.6 is 23.2 Å². The molecule has 1 N–H and O–H groups in total. The molecular formula is C15H15Cl2NO3. The molecule has 112 valence electrons. The standard InChI is InChI=1S/C15H15Cl2NO3/c16-12-5-3-10(13(17)8-12)4-6-14(19)18-7-1-2-11(9-18)15(20)21/h3-6,8,11H,1-2,7,9H2,(H,20,21)/b6-4+/t11-/m0/s1. The number of likely N-dealkylation sites (tertiary alicyclic amines) is 1. The molecule has 2 rings (SSSR count). The molecule has 21 heavy (non-hydrogen) atoms. The second kappa shape index (κ2) is 6.96. The van der Waals surface area contributed by atoms with Crippen LogP contribution in [-0.4, -0.2) is 35.0 Å². The molecule has 0 aromatic heterocycles. The molecule has 0 spiro atoms. The van der Waals surface area contributed by atoms with E-state index in [1.165, 1.54) is 6.08 Å². The van der Waals surface area contributed by atoms with Crippen molar-refractivity contribution in [2.24, 2.45) is 5.92 Å². The summed E-state index contributed by atoms with van der Waals surface area (Å²) >= 11 is 11.8. The molecule has 1 heterocycles. The maximum absolute atomic E-state index is 12.1. The zero-order chi connectivity index (χ0) is 15.4. The van der Waals surface area contributed by atoms with Crippen molar-refractivity contribution < 1.29 is 14.7 Å². The highest BCUT2D eigenvalue weighted by Gasteiger charge is 2.27. The van der Waals surface area contributed by atoms with E-state index >= 15 is 0 Å². The van der Waals surface area contributed by atoms with Gasteiger partial charge in [0.15, 0.2) is 0 Å². The molecule has 0 radical (unpaired) electrons. The van der Waals surface area contributed by atoms with E-state index in [1.807, 2.05) is 0 Å². The van der Waals surface area contributed by atoms with E-state index in [9.17, 15) is 9.59 Å². The summed E-state index contributed by atoms with van der Waals surface area (Å²) in [5, 5.41) is 10.0. The second-order valence-corrected chi connectivity index (χ2v) is 5.80. The van der Waals surface area contributed by atoms with E-state index < -0.39 is 11.9 Å². The van der Waals surface area contributed by atoms with Crippen LogP contribution in [0, 0.1) is 5.92 Å². The molecule has 1 fully saturated rings. The topological polar surface area (TPSA) is 57.6 Å². The Morgan fingerprint density at radius 3 is 2.76 bits per heavy atom. The first-order chi connectivity index (χ1) is 9.97. The third-order valence-electron chi connectivity index (χ3n) is 3.45. The molecule has 0 unspecified atom stereocenters. The number of hydrogen-bond acceptors (Lipinski definition) is 2. The number of amides is 1. The Morgan fingerprint density at radius 2 is 2.10 bits per heavy atom. The Kier molecular flexibility index (Phi) is 5.26. The lowest BCUT2D eigenvalue weighted by atomic mass is 9.98. The van der Waals surface area contributed by atoms with Crippen LogP contribution in [0.3, 0.4) is 0 Å². The van der Waals surface area contributed by atoms with Crippen molar-refractivity contribution in [1.29, 1.82) is 0 Å². The van der Waals surface area contributed by atoms with Gasteiger partial charge in [-0.3, -0.25) is 9.59 Å². The second-order valence-electron chi connectivity index (χ2n) is 4.96. The van der Waals surface area contributed by atoms with Crippen LogP contribution < -0.4 is 0 Å². The van der Waals surface area contributed by atoms with Crippen LogP contribution in [0.5, 0.6) is 0 Å².